The Balaban J connectivity index is 2.12. The van der Waals surface area contributed by atoms with Crippen molar-refractivity contribution in [1.82, 2.24) is 0 Å². The summed E-state index contributed by atoms with van der Waals surface area (Å²) in [5.41, 5.74) is 0.0977. The van der Waals surface area contributed by atoms with Crippen LogP contribution in [0.25, 0.3) is 0 Å². The molecule has 0 bridgehead atoms. The molecule has 2 nitrogen and oxygen atoms in total. The summed E-state index contributed by atoms with van der Waals surface area (Å²) >= 11 is 0. The highest BCUT2D eigenvalue weighted by Crippen LogP contribution is 2.28. The van der Waals surface area contributed by atoms with Crippen LogP contribution < -0.4 is 0 Å². The summed E-state index contributed by atoms with van der Waals surface area (Å²) in [5.74, 6) is 6.37. The van der Waals surface area contributed by atoms with E-state index in [-0.39, 0.29) is 0 Å². The van der Waals surface area contributed by atoms with Gasteiger partial charge in [-0.3, -0.25) is 0 Å². The minimum atomic E-state index is -1.37. The van der Waals surface area contributed by atoms with E-state index in [1.807, 2.05) is 60.7 Å². The van der Waals surface area contributed by atoms with Gasteiger partial charge in [-0.2, -0.15) is 0 Å². The van der Waals surface area contributed by atoms with Crippen LogP contribution in [0.3, 0.4) is 0 Å². The second kappa shape index (κ2) is 5.70. The molecule has 3 rings (SSSR count). The van der Waals surface area contributed by atoms with Gasteiger partial charge in [0.25, 0.3) is 0 Å². The fraction of sp³-hybridized carbons (Fsp3) is 0.0526. The minimum absolute atomic E-state index is 0.528. The Labute approximate surface area is 123 Å². The molecule has 0 amide bonds. The first-order chi connectivity index (χ1) is 10.3. The molecule has 0 saturated heterocycles. The number of aliphatic hydroxyl groups is 1. The fourth-order valence-electron chi connectivity index (χ4n) is 2.17. The van der Waals surface area contributed by atoms with Crippen molar-refractivity contribution in [2.45, 2.75) is 5.60 Å². The van der Waals surface area contributed by atoms with Gasteiger partial charge in [-0.15, -0.1) is 0 Å². The van der Waals surface area contributed by atoms with E-state index in [4.69, 9.17) is 4.42 Å². The minimum Gasteiger partial charge on any atom is -0.456 e. The molecule has 0 spiro atoms. The van der Waals surface area contributed by atoms with E-state index in [1.165, 1.54) is 0 Å². The Morgan fingerprint density at radius 2 is 1.33 bits per heavy atom. The van der Waals surface area contributed by atoms with Crippen molar-refractivity contribution in [3.05, 3.63) is 95.9 Å². The third-order valence-corrected chi connectivity index (χ3v) is 3.27. The van der Waals surface area contributed by atoms with Crippen molar-refractivity contribution in [3.8, 4) is 11.8 Å². The summed E-state index contributed by atoms with van der Waals surface area (Å²) in [7, 11) is 0. The molecule has 102 valence electrons. The van der Waals surface area contributed by atoms with Crippen LogP contribution in [-0.4, -0.2) is 5.11 Å². The average molecular weight is 274 g/mol. The SMILES string of the molecule is OC(C#Cc1ccco1)(c1ccccc1)c1ccccc1. The lowest BCUT2D eigenvalue weighted by Gasteiger charge is -2.23. The molecule has 1 heterocycles. The Bertz CT molecular complexity index is 708. The maximum Gasteiger partial charge on any atom is 0.177 e. The summed E-state index contributed by atoms with van der Waals surface area (Å²) in [4.78, 5) is 0. The summed E-state index contributed by atoms with van der Waals surface area (Å²) in [6.45, 7) is 0. The summed E-state index contributed by atoms with van der Waals surface area (Å²) in [6, 6.07) is 22.4. The van der Waals surface area contributed by atoms with Crippen LogP contribution in [0.1, 0.15) is 16.9 Å². The largest absolute Gasteiger partial charge is 0.456 e. The van der Waals surface area contributed by atoms with Crippen LogP contribution >= 0.6 is 0 Å². The van der Waals surface area contributed by atoms with Crippen molar-refractivity contribution in [2.24, 2.45) is 0 Å². The highest BCUT2D eigenvalue weighted by atomic mass is 16.3. The van der Waals surface area contributed by atoms with E-state index in [0.29, 0.717) is 5.76 Å². The molecule has 0 aliphatic heterocycles. The van der Waals surface area contributed by atoms with E-state index in [1.54, 1.807) is 18.4 Å². The van der Waals surface area contributed by atoms with Crippen LogP contribution in [0.15, 0.2) is 83.5 Å². The van der Waals surface area contributed by atoms with Gasteiger partial charge < -0.3 is 9.52 Å². The highest BCUT2D eigenvalue weighted by molar-refractivity contribution is 5.46. The van der Waals surface area contributed by atoms with Crippen LogP contribution in [0.2, 0.25) is 0 Å². The lowest BCUT2D eigenvalue weighted by Crippen LogP contribution is -2.25. The van der Waals surface area contributed by atoms with Gasteiger partial charge in [0.1, 0.15) is 0 Å². The number of furan rings is 1. The van der Waals surface area contributed by atoms with Gasteiger partial charge in [-0.1, -0.05) is 60.7 Å². The van der Waals surface area contributed by atoms with E-state index in [2.05, 4.69) is 11.8 Å². The first-order valence-electron chi connectivity index (χ1n) is 6.69. The first-order valence-corrected chi connectivity index (χ1v) is 6.69. The Hall–Kier alpha value is -2.76. The maximum absolute atomic E-state index is 11.1. The molecule has 1 aromatic heterocycles. The van der Waals surface area contributed by atoms with Crippen molar-refractivity contribution in [3.63, 3.8) is 0 Å². The van der Waals surface area contributed by atoms with Gasteiger partial charge in [0.15, 0.2) is 11.4 Å². The molecule has 0 atom stereocenters. The smallest absolute Gasteiger partial charge is 0.177 e. The molecule has 0 aliphatic rings. The van der Waals surface area contributed by atoms with E-state index >= 15 is 0 Å². The third-order valence-electron chi connectivity index (χ3n) is 3.27. The lowest BCUT2D eigenvalue weighted by atomic mass is 9.87. The van der Waals surface area contributed by atoms with Gasteiger partial charge in [0.05, 0.1) is 6.26 Å². The Morgan fingerprint density at radius 3 is 1.81 bits per heavy atom. The van der Waals surface area contributed by atoms with E-state index in [0.717, 1.165) is 11.1 Å². The Morgan fingerprint density at radius 1 is 0.762 bits per heavy atom. The molecule has 21 heavy (non-hydrogen) atoms. The lowest BCUT2D eigenvalue weighted by molar-refractivity contribution is 0.145. The zero-order valence-corrected chi connectivity index (χ0v) is 11.4. The molecule has 1 N–H and O–H groups in total. The van der Waals surface area contributed by atoms with Crippen molar-refractivity contribution >= 4 is 0 Å². The van der Waals surface area contributed by atoms with Crippen LogP contribution in [0.5, 0.6) is 0 Å². The number of hydrogen-bond acceptors (Lipinski definition) is 2. The molecule has 0 fully saturated rings. The van der Waals surface area contributed by atoms with Gasteiger partial charge in [-0.05, 0) is 24.0 Å². The topological polar surface area (TPSA) is 33.4 Å². The molecule has 2 heteroatoms. The maximum atomic E-state index is 11.1. The highest BCUT2D eigenvalue weighted by Gasteiger charge is 2.29. The van der Waals surface area contributed by atoms with Gasteiger partial charge >= 0.3 is 0 Å². The van der Waals surface area contributed by atoms with Crippen LogP contribution in [-0.2, 0) is 5.60 Å². The molecule has 0 saturated carbocycles. The number of hydrogen-bond donors (Lipinski definition) is 1. The standard InChI is InChI=1S/C19H14O2/c20-19(16-8-3-1-4-9-16,17-10-5-2-6-11-17)14-13-18-12-7-15-21-18/h1-12,15,20H. The number of benzene rings is 2. The van der Waals surface area contributed by atoms with Crippen LogP contribution in [0, 0.1) is 11.8 Å². The van der Waals surface area contributed by atoms with Gasteiger partial charge in [0.2, 0.25) is 0 Å². The Kier molecular flexibility index (Phi) is 3.59. The van der Waals surface area contributed by atoms with Crippen molar-refractivity contribution in [1.29, 1.82) is 0 Å². The van der Waals surface area contributed by atoms with Gasteiger partial charge in [0, 0.05) is 11.1 Å². The van der Waals surface area contributed by atoms with Gasteiger partial charge in [-0.25, -0.2) is 0 Å². The molecule has 0 unspecified atom stereocenters. The van der Waals surface area contributed by atoms with Crippen LogP contribution in [0.4, 0.5) is 0 Å². The third kappa shape index (κ3) is 2.74. The zero-order valence-electron chi connectivity index (χ0n) is 11.4. The quantitative estimate of drug-likeness (QED) is 0.725. The molecule has 3 aromatic rings. The normalized spacial score (nSPS) is 10.7. The zero-order chi connectivity index (χ0) is 14.5. The second-order valence-corrected chi connectivity index (χ2v) is 4.67. The van der Waals surface area contributed by atoms with Crippen molar-refractivity contribution < 1.29 is 9.52 Å². The average Bonchev–Trinajstić information content (AvgIpc) is 3.08. The van der Waals surface area contributed by atoms with Crippen molar-refractivity contribution in [2.75, 3.05) is 0 Å². The molecular formula is C19H14O2. The summed E-state index contributed by atoms with van der Waals surface area (Å²) in [6.07, 6.45) is 1.56. The molecular weight excluding hydrogens is 260 g/mol. The summed E-state index contributed by atoms with van der Waals surface area (Å²) < 4.78 is 5.22. The summed E-state index contributed by atoms with van der Waals surface area (Å²) in [5, 5.41) is 11.1. The molecule has 0 aliphatic carbocycles. The first kappa shape index (κ1) is 13.2. The molecule has 0 radical (unpaired) electrons. The predicted octanol–water partition coefficient (Wildman–Crippen LogP) is 3.57. The predicted molar refractivity (Wildman–Crippen MR) is 81.5 cm³/mol. The second-order valence-electron chi connectivity index (χ2n) is 4.67. The van der Waals surface area contributed by atoms with E-state index < -0.39 is 5.60 Å². The number of rotatable bonds is 2. The van der Waals surface area contributed by atoms with E-state index in [9.17, 15) is 5.11 Å². The fourth-order valence-corrected chi connectivity index (χ4v) is 2.17. The monoisotopic (exact) mass is 274 g/mol. The molecule has 2 aromatic carbocycles.